The van der Waals surface area contributed by atoms with Crippen molar-refractivity contribution in [2.24, 2.45) is 0 Å². The highest BCUT2D eigenvalue weighted by Gasteiger charge is 2.17. The Bertz CT molecular complexity index is 457. The third-order valence-electron chi connectivity index (χ3n) is 2.81. The van der Waals surface area contributed by atoms with E-state index in [1.54, 1.807) is 12.1 Å². The number of hydrogen-bond acceptors (Lipinski definition) is 2. The molecule has 1 rings (SSSR count). The molecule has 0 aliphatic carbocycles. The molecule has 0 bridgehead atoms. The summed E-state index contributed by atoms with van der Waals surface area (Å²) in [6.07, 6.45) is 0. The summed E-state index contributed by atoms with van der Waals surface area (Å²) >= 11 is 5.72. The van der Waals surface area contributed by atoms with Crippen LogP contribution in [-0.4, -0.2) is 35.8 Å². The molecule has 0 radical (unpaired) electrons. The minimum atomic E-state index is -0.146. The smallest absolute Gasteiger partial charge is 0.254 e. The molecule has 5 heteroatoms. The van der Waals surface area contributed by atoms with Crippen molar-refractivity contribution in [3.63, 3.8) is 0 Å². The normalized spacial score (nSPS) is 10.4. The average Bonchev–Trinajstić information content (AvgIpc) is 2.43. The van der Waals surface area contributed by atoms with Gasteiger partial charge in [0.05, 0.1) is 6.54 Å². The lowest BCUT2D eigenvalue weighted by molar-refractivity contribution is -0.122. The molecule has 0 atom stereocenters. The van der Waals surface area contributed by atoms with Crippen molar-refractivity contribution >= 4 is 23.4 Å². The van der Waals surface area contributed by atoms with Crippen molar-refractivity contribution in [3.05, 3.63) is 35.4 Å². The van der Waals surface area contributed by atoms with Crippen LogP contribution in [0.15, 0.2) is 24.3 Å². The van der Waals surface area contributed by atoms with Crippen LogP contribution in [0.5, 0.6) is 0 Å². The fourth-order valence-electron chi connectivity index (χ4n) is 1.79. The highest BCUT2D eigenvalue weighted by molar-refractivity contribution is 6.17. The van der Waals surface area contributed by atoms with Gasteiger partial charge in [0.25, 0.3) is 5.91 Å². The molecule has 0 aliphatic heterocycles. The van der Waals surface area contributed by atoms with Crippen molar-refractivity contribution in [2.45, 2.75) is 32.7 Å². The SMILES string of the molecule is CCN(CC(=O)NC(C)C)C(=O)c1ccc(CCl)cc1. The van der Waals surface area contributed by atoms with E-state index in [0.717, 1.165) is 5.56 Å². The summed E-state index contributed by atoms with van der Waals surface area (Å²) in [4.78, 5) is 25.6. The van der Waals surface area contributed by atoms with Crippen LogP contribution >= 0.6 is 11.6 Å². The zero-order valence-corrected chi connectivity index (χ0v) is 12.9. The minimum Gasteiger partial charge on any atom is -0.352 e. The van der Waals surface area contributed by atoms with E-state index < -0.39 is 0 Å². The number of halogens is 1. The number of alkyl halides is 1. The van der Waals surface area contributed by atoms with Gasteiger partial charge in [-0.2, -0.15) is 0 Å². The van der Waals surface area contributed by atoms with Gasteiger partial charge in [0.15, 0.2) is 0 Å². The highest BCUT2D eigenvalue weighted by Crippen LogP contribution is 2.09. The van der Waals surface area contributed by atoms with E-state index in [1.807, 2.05) is 32.9 Å². The molecule has 0 unspecified atom stereocenters. The predicted molar refractivity (Wildman–Crippen MR) is 80.9 cm³/mol. The Morgan fingerprint density at radius 2 is 1.85 bits per heavy atom. The summed E-state index contributed by atoms with van der Waals surface area (Å²) in [5.41, 5.74) is 1.53. The number of nitrogens with zero attached hydrogens (tertiary/aromatic N) is 1. The second-order valence-corrected chi connectivity index (χ2v) is 5.14. The lowest BCUT2D eigenvalue weighted by Crippen LogP contribution is -2.42. The predicted octanol–water partition coefficient (Wildman–Crippen LogP) is 2.41. The largest absolute Gasteiger partial charge is 0.352 e. The topological polar surface area (TPSA) is 49.4 Å². The van der Waals surface area contributed by atoms with E-state index in [0.29, 0.717) is 18.0 Å². The van der Waals surface area contributed by atoms with Gasteiger partial charge in [-0.15, -0.1) is 11.6 Å². The number of nitrogens with one attached hydrogen (secondary N) is 1. The molecule has 0 saturated carbocycles. The van der Waals surface area contributed by atoms with Crippen LogP contribution in [0.3, 0.4) is 0 Å². The first-order chi connectivity index (χ1) is 9.47. The van der Waals surface area contributed by atoms with Gasteiger partial charge in [-0.05, 0) is 38.5 Å². The first-order valence-corrected chi connectivity index (χ1v) is 7.25. The maximum absolute atomic E-state index is 12.3. The Kier molecular flexibility index (Phi) is 6.52. The average molecular weight is 297 g/mol. The Balaban J connectivity index is 2.72. The molecule has 0 aliphatic rings. The van der Waals surface area contributed by atoms with Gasteiger partial charge < -0.3 is 10.2 Å². The first kappa shape index (κ1) is 16.5. The highest BCUT2D eigenvalue weighted by atomic mass is 35.5. The molecule has 1 aromatic carbocycles. The van der Waals surface area contributed by atoms with E-state index in [4.69, 9.17) is 11.6 Å². The van der Waals surface area contributed by atoms with Gasteiger partial charge in [-0.1, -0.05) is 12.1 Å². The van der Waals surface area contributed by atoms with Crippen LogP contribution in [0.2, 0.25) is 0 Å². The van der Waals surface area contributed by atoms with E-state index in [1.165, 1.54) is 4.90 Å². The number of benzene rings is 1. The lowest BCUT2D eigenvalue weighted by atomic mass is 10.1. The van der Waals surface area contributed by atoms with Crippen LogP contribution < -0.4 is 5.32 Å². The summed E-state index contributed by atoms with van der Waals surface area (Å²) in [6.45, 7) is 6.20. The first-order valence-electron chi connectivity index (χ1n) is 6.71. The molecule has 0 fully saturated rings. The van der Waals surface area contributed by atoms with Crippen molar-refractivity contribution in [1.82, 2.24) is 10.2 Å². The zero-order chi connectivity index (χ0) is 15.1. The number of carbonyl (C=O) groups is 2. The summed E-state index contributed by atoms with van der Waals surface area (Å²) in [7, 11) is 0. The Morgan fingerprint density at radius 3 is 2.30 bits per heavy atom. The second-order valence-electron chi connectivity index (χ2n) is 4.87. The molecule has 20 heavy (non-hydrogen) atoms. The molecule has 0 aromatic heterocycles. The monoisotopic (exact) mass is 296 g/mol. The van der Waals surface area contributed by atoms with Crippen LogP contribution in [0, 0.1) is 0 Å². The molecule has 0 spiro atoms. The van der Waals surface area contributed by atoms with Gasteiger partial charge in [0.2, 0.25) is 5.91 Å². The maximum Gasteiger partial charge on any atom is 0.254 e. The number of rotatable bonds is 6. The molecule has 4 nitrogen and oxygen atoms in total. The summed E-state index contributed by atoms with van der Waals surface area (Å²) in [5, 5.41) is 2.78. The molecule has 110 valence electrons. The van der Waals surface area contributed by atoms with E-state index in [-0.39, 0.29) is 24.4 Å². The van der Waals surface area contributed by atoms with Gasteiger partial charge >= 0.3 is 0 Å². The van der Waals surface area contributed by atoms with Crippen molar-refractivity contribution in [3.8, 4) is 0 Å². The van der Waals surface area contributed by atoms with Crippen LogP contribution in [0.1, 0.15) is 36.7 Å². The molecular weight excluding hydrogens is 276 g/mol. The van der Waals surface area contributed by atoms with Gasteiger partial charge in [-0.25, -0.2) is 0 Å². The minimum absolute atomic E-state index is 0.0688. The Morgan fingerprint density at radius 1 is 1.25 bits per heavy atom. The van der Waals surface area contributed by atoms with Gasteiger partial charge in [0.1, 0.15) is 0 Å². The number of carbonyl (C=O) groups excluding carboxylic acids is 2. The second kappa shape index (κ2) is 7.90. The molecular formula is C15H21ClN2O2. The number of hydrogen-bond donors (Lipinski definition) is 1. The Labute approximate surface area is 125 Å². The standard InChI is InChI=1S/C15H21ClN2O2/c1-4-18(10-14(19)17-11(2)3)15(20)13-7-5-12(9-16)6-8-13/h5-8,11H,4,9-10H2,1-3H3,(H,17,19). The van der Waals surface area contributed by atoms with Crippen molar-refractivity contribution in [1.29, 1.82) is 0 Å². The zero-order valence-electron chi connectivity index (χ0n) is 12.1. The summed E-state index contributed by atoms with van der Waals surface area (Å²) in [6, 6.07) is 7.19. The number of likely N-dealkylation sites (N-methyl/N-ethyl adjacent to an activating group) is 1. The Hall–Kier alpha value is -1.55. The van der Waals surface area contributed by atoms with E-state index in [9.17, 15) is 9.59 Å². The number of amides is 2. The summed E-state index contributed by atoms with van der Waals surface area (Å²) in [5.74, 6) is 0.128. The van der Waals surface area contributed by atoms with Crippen molar-refractivity contribution in [2.75, 3.05) is 13.1 Å². The molecule has 1 aromatic rings. The van der Waals surface area contributed by atoms with Crippen molar-refractivity contribution < 1.29 is 9.59 Å². The third kappa shape index (κ3) is 4.85. The van der Waals surface area contributed by atoms with Gasteiger partial charge in [-0.3, -0.25) is 9.59 Å². The fourth-order valence-corrected chi connectivity index (χ4v) is 1.97. The van der Waals surface area contributed by atoms with Crippen LogP contribution in [-0.2, 0) is 10.7 Å². The molecule has 0 saturated heterocycles. The quantitative estimate of drug-likeness (QED) is 0.820. The van der Waals surface area contributed by atoms with Crippen LogP contribution in [0.4, 0.5) is 0 Å². The molecule has 2 amide bonds. The molecule has 0 heterocycles. The van der Waals surface area contributed by atoms with Crippen LogP contribution in [0.25, 0.3) is 0 Å². The van der Waals surface area contributed by atoms with Gasteiger partial charge in [0, 0.05) is 24.0 Å². The fraction of sp³-hybridized carbons (Fsp3) is 0.467. The summed E-state index contributed by atoms with van der Waals surface area (Å²) < 4.78 is 0. The third-order valence-corrected chi connectivity index (χ3v) is 3.12. The maximum atomic E-state index is 12.3. The lowest BCUT2D eigenvalue weighted by Gasteiger charge is -2.21. The van der Waals surface area contributed by atoms with E-state index >= 15 is 0 Å². The molecule has 1 N–H and O–H groups in total. The van der Waals surface area contributed by atoms with E-state index in [2.05, 4.69) is 5.32 Å².